The van der Waals surface area contributed by atoms with Crippen molar-refractivity contribution in [1.82, 2.24) is 9.88 Å². The van der Waals surface area contributed by atoms with Gasteiger partial charge in [-0.2, -0.15) is 0 Å². The Morgan fingerprint density at radius 1 is 1.16 bits per heavy atom. The van der Waals surface area contributed by atoms with E-state index in [1.54, 1.807) is 24.3 Å². The van der Waals surface area contributed by atoms with Crippen LogP contribution in [-0.4, -0.2) is 51.0 Å². The number of piperazine rings is 1. The van der Waals surface area contributed by atoms with Crippen LogP contribution in [0.25, 0.3) is 0 Å². The van der Waals surface area contributed by atoms with Crippen LogP contribution >= 0.6 is 35.3 Å². The lowest BCUT2D eigenvalue weighted by molar-refractivity contribution is 0.271. The van der Waals surface area contributed by atoms with Crippen molar-refractivity contribution in [3.05, 3.63) is 34.2 Å². The summed E-state index contributed by atoms with van der Waals surface area (Å²) in [7, 11) is -3.69. The maximum absolute atomic E-state index is 12.8. The molecule has 3 rings (SSSR count). The van der Waals surface area contributed by atoms with Crippen molar-refractivity contribution >= 4 is 50.3 Å². The molecular formula is C16H21Cl2N3O2S2. The fraction of sp³-hybridized carbons (Fsp3) is 0.438. The van der Waals surface area contributed by atoms with Gasteiger partial charge in [0.1, 0.15) is 4.34 Å². The lowest BCUT2D eigenvalue weighted by atomic mass is 10.2. The van der Waals surface area contributed by atoms with Crippen molar-refractivity contribution in [3.63, 3.8) is 0 Å². The first kappa shape index (κ1) is 20.5. The van der Waals surface area contributed by atoms with Gasteiger partial charge in [-0.15, -0.1) is 12.4 Å². The Hall–Kier alpha value is -0.860. The predicted octanol–water partition coefficient (Wildman–Crippen LogP) is 3.50. The first-order valence-electron chi connectivity index (χ1n) is 7.87. The summed E-state index contributed by atoms with van der Waals surface area (Å²) in [6.45, 7) is 8.66. The molecule has 2 heterocycles. The number of likely N-dealkylation sites (N-methyl/N-ethyl adjacent to an activating group) is 1. The van der Waals surface area contributed by atoms with Crippen LogP contribution in [0, 0.1) is 6.92 Å². The standard InChI is InChI=1S/C16H20ClN3O2S2.ClH/c1-3-19-8-10-20(11-9-19)16-18-15(14(17)23-16)24(21,22)13-6-4-12(2)5-7-13;/h4-7H,3,8-11H2,1-2H3;1H. The Kier molecular flexibility index (Phi) is 6.73. The average molecular weight is 422 g/mol. The molecule has 138 valence electrons. The molecule has 0 unspecified atom stereocenters. The van der Waals surface area contributed by atoms with Gasteiger partial charge in [0.2, 0.25) is 9.84 Å². The molecule has 0 aliphatic carbocycles. The minimum atomic E-state index is -3.69. The molecule has 0 amide bonds. The maximum Gasteiger partial charge on any atom is 0.226 e. The molecule has 1 aliphatic heterocycles. The van der Waals surface area contributed by atoms with Crippen molar-refractivity contribution in [3.8, 4) is 0 Å². The summed E-state index contributed by atoms with van der Waals surface area (Å²) < 4.78 is 25.8. The fourth-order valence-electron chi connectivity index (χ4n) is 2.66. The van der Waals surface area contributed by atoms with Gasteiger partial charge in [0.25, 0.3) is 0 Å². The van der Waals surface area contributed by atoms with Crippen molar-refractivity contribution in [2.75, 3.05) is 37.6 Å². The van der Waals surface area contributed by atoms with Crippen LogP contribution in [-0.2, 0) is 9.84 Å². The molecule has 1 aliphatic rings. The monoisotopic (exact) mass is 421 g/mol. The second-order valence-electron chi connectivity index (χ2n) is 5.81. The van der Waals surface area contributed by atoms with Gasteiger partial charge in [0, 0.05) is 26.2 Å². The number of halogens is 2. The zero-order valence-electron chi connectivity index (χ0n) is 14.1. The molecule has 1 saturated heterocycles. The predicted molar refractivity (Wildman–Crippen MR) is 105 cm³/mol. The number of benzene rings is 1. The van der Waals surface area contributed by atoms with Crippen molar-refractivity contribution in [2.45, 2.75) is 23.8 Å². The largest absolute Gasteiger partial charge is 0.345 e. The highest BCUT2D eigenvalue weighted by molar-refractivity contribution is 7.91. The molecule has 9 heteroatoms. The molecule has 0 atom stereocenters. The number of rotatable bonds is 4. The van der Waals surface area contributed by atoms with E-state index in [4.69, 9.17) is 11.6 Å². The first-order chi connectivity index (χ1) is 11.4. The van der Waals surface area contributed by atoms with E-state index in [0.717, 1.165) is 38.3 Å². The highest BCUT2D eigenvalue weighted by Gasteiger charge is 2.28. The number of anilines is 1. The van der Waals surface area contributed by atoms with E-state index in [-0.39, 0.29) is 26.7 Å². The van der Waals surface area contributed by atoms with Crippen molar-refractivity contribution < 1.29 is 8.42 Å². The number of hydrogen-bond donors (Lipinski definition) is 0. The summed E-state index contributed by atoms with van der Waals surface area (Å²) >= 11 is 7.46. The number of nitrogens with zero attached hydrogens (tertiary/aromatic N) is 3. The Bertz CT molecular complexity index is 814. The zero-order valence-corrected chi connectivity index (χ0v) is 17.3. The van der Waals surface area contributed by atoms with Gasteiger partial charge in [0.05, 0.1) is 4.90 Å². The topological polar surface area (TPSA) is 53.5 Å². The fourth-order valence-corrected chi connectivity index (χ4v) is 5.61. The quantitative estimate of drug-likeness (QED) is 0.755. The van der Waals surface area contributed by atoms with E-state index >= 15 is 0 Å². The summed E-state index contributed by atoms with van der Waals surface area (Å²) in [4.78, 5) is 9.05. The lowest BCUT2D eigenvalue weighted by Crippen LogP contribution is -2.46. The molecule has 0 N–H and O–H groups in total. The van der Waals surface area contributed by atoms with Crippen LogP contribution in [0.5, 0.6) is 0 Å². The third-order valence-corrected chi connectivity index (χ3v) is 7.48. The first-order valence-corrected chi connectivity index (χ1v) is 10.5. The second kappa shape index (κ2) is 8.22. The zero-order chi connectivity index (χ0) is 17.3. The number of aromatic nitrogens is 1. The van der Waals surface area contributed by atoms with E-state index in [1.807, 2.05) is 6.92 Å². The summed E-state index contributed by atoms with van der Waals surface area (Å²) in [6.07, 6.45) is 0. The van der Waals surface area contributed by atoms with Crippen LogP contribution in [0.4, 0.5) is 5.13 Å². The van der Waals surface area contributed by atoms with Crippen LogP contribution < -0.4 is 4.90 Å². The molecule has 0 spiro atoms. The third-order valence-electron chi connectivity index (χ3n) is 4.22. The van der Waals surface area contributed by atoms with Crippen LogP contribution in [0.15, 0.2) is 34.2 Å². The highest BCUT2D eigenvalue weighted by atomic mass is 35.5. The number of sulfone groups is 1. The highest BCUT2D eigenvalue weighted by Crippen LogP contribution is 2.36. The summed E-state index contributed by atoms with van der Waals surface area (Å²) in [6, 6.07) is 6.75. The molecule has 0 bridgehead atoms. The minimum absolute atomic E-state index is 0. The van der Waals surface area contributed by atoms with Gasteiger partial charge in [-0.05, 0) is 25.6 Å². The van der Waals surface area contributed by atoms with E-state index in [0.29, 0.717) is 5.13 Å². The molecule has 0 radical (unpaired) electrons. The number of hydrogen-bond acceptors (Lipinski definition) is 6. The molecule has 1 aromatic carbocycles. The number of aryl methyl sites for hydroxylation is 1. The van der Waals surface area contributed by atoms with Gasteiger partial charge in [-0.1, -0.05) is 47.6 Å². The van der Waals surface area contributed by atoms with Crippen LogP contribution in [0.2, 0.25) is 4.34 Å². The van der Waals surface area contributed by atoms with Crippen LogP contribution in [0.3, 0.4) is 0 Å². The lowest BCUT2D eigenvalue weighted by Gasteiger charge is -2.33. The molecule has 1 aromatic heterocycles. The molecule has 2 aromatic rings. The van der Waals surface area contributed by atoms with E-state index in [9.17, 15) is 8.42 Å². The molecule has 0 saturated carbocycles. The molecule has 5 nitrogen and oxygen atoms in total. The summed E-state index contributed by atoms with van der Waals surface area (Å²) in [5, 5.41) is 0.646. The van der Waals surface area contributed by atoms with Crippen molar-refractivity contribution in [2.24, 2.45) is 0 Å². The third kappa shape index (κ3) is 4.28. The maximum atomic E-state index is 12.8. The molecular weight excluding hydrogens is 401 g/mol. The van der Waals surface area contributed by atoms with Gasteiger partial charge in [-0.3, -0.25) is 0 Å². The van der Waals surface area contributed by atoms with Gasteiger partial charge >= 0.3 is 0 Å². The Morgan fingerprint density at radius 2 is 1.76 bits per heavy atom. The second-order valence-corrected chi connectivity index (χ2v) is 9.26. The van der Waals surface area contributed by atoms with Gasteiger partial charge in [-0.25, -0.2) is 13.4 Å². The van der Waals surface area contributed by atoms with E-state index < -0.39 is 9.84 Å². The van der Waals surface area contributed by atoms with Crippen LogP contribution in [0.1, 0.15) is 12.5 Å². The van der Waals surface area contributed by atoms with Gasteiger partial charge in [0.15, 0.2) is 10.2 Å². The Balaban J connectivity index is 0.00000225. The number of thiazole rings is 1. The van der Waals surface area contributed by atoms with Crippen molar-refractivity contribution in [1.29, 1.82) is 0 Å². The molecule has 1 fully saturated rings. The average Bonchev–Trinajstić information content (AvgIpc) is 2.98. The van der Waals surface area contributed by atoms with Gasteiger partial charge < -0.3 is 9.80 Å². The Morgan fingerprint density at radius 3 is 2.32 bits per heavy atom. The summed E-state index contributed by atoms with van der Waals surface area (Å²) in [5.74, 6) is 0. The Labute approximate surface area is 163 Å². The van der Waals surface area contributed by atoms with E-state index in [2.05, 4.69) is 21.7 Å². The van der Waals surface area contributed by atoms with E-state index in [1.165, 1.54) is 11.3 Å². The summed E-state index contributed by atoms with van der Waals surface area (Å²) in [5.41, 5.74) is 1.01. The minimum Gasteiger partial charge on any atom is -0.345 e. The normalized spacial score (nSPS) is 15.9. The molecule has 25 heavy (non-hydrogen) atoms. The smallest absolute Gasteiger partial charge is 0.226 e. The SMILES string of the molecule is CCN1CCN(c2nc(S(=O)(=O)c3ccc(C)cc3)c(Cl)s2)CC1.Cl.